The molecule has 0 bridgehead atoms. The largest absolute Gasteiger partial charge is 0.494 e. The first-order valence-corrected chi connectivity index (χ1v) is 15.9. The molecule has 0 unspecified atom stereocenters. The maximum Gasteiger partial charge on any atom is 0.294 e. The van der Waals surface area contributed by atoms with Gasteiger partial charge in [-0.2, -0.15) is 4.98 Å². The number of nitrogens with one attached hydrogen (secondary N) is 2. The van der Waals surface area contributed by atoms with Gasteiger partial charge in [0.25, 0.3) is 5.69 Å². The molecule has 14 heteroatoms. The number of sulfone groups is 1. The molecule has 0 amide bonds. The van der Waals surface area contributed by atoms with Crippen LogP contribution >= 0.6 is 0 Å². The van der Waals surface area contributed by atoms with Crippen LogP contribution in [0.25, 0.3) is 5.57 Å². The van der Waals surface area contributed by atoms with Crippen LogP contribution in [-0.4, -0.2) is 87.0 Å². The fraction of sp³-hybridized carbons (Fsp3) is 0.400. The van der Waals surface area contributed by atoms with Crippen LogP contribution in [0, 0.1) is 10.1 Å². The zero-order valence-electron chi connectivity index (χ0n) is 25.2. The molecule has 2 N–H and O–H groups in total. The van der Waals surface area contributed by atoms with E-state index in [-0.39, 0.29) is 16.5 Å². The standard InChI is InChI=1S/C30H37N7O6S/c1-20(2)44(40,41)28-8-6-5-7-23(28)32-29-22(21-9-15-43-16-10-21)19-31-30(34-29)33-24-17-26(37(38)39)25(18-27(24)42-4)36-13-11-35(3)12-14-36/h5-9,17-20H,10-16H2,1-4H3,(H2,31,32,33,34). The number of aromatic nitrogens is 2. The third kappa shape index (κ3) is 6.61. The number of methoxy groups -OCH3 is 1. The Bertz CT molecular complexity index is 1670. The topological polar surface area (TPSA) is 152 Å². The number of nitrogens with zero attached hydrogens (tertiary/aromatic N) is 5. The Morgan fingerprint density at radius 1 is 1.09 bits per heavy atom. The molecule has 1 saturated heterocycles. The molecule has 0 saturated carbocycles. The molecule has 1 fully saturated rings. The number of para-hydroxylation sites is 1. The minimum Gasteiger partial charge on any atom is -0.494 e. The van der Waals surface area contributed by atoms with Crippen molar-refractivity contribution in [2.24, 2.45) is 0 Å². The first kappa shape index (κ1) is 31.2. The number of piperazine rings is 1. The van der Waals surface area contributed by atoms with Crippen LogP contribution in [0.4, 0.5) is 34.5 Å². The van der Waals surface area contributed by atoms with E-state index in [1.54, 1.807) is 50.4 Å². The summed E-state index contributed by atoms with van der Waals surface area (Å²) in [6.45, 7) is 7.14. The van der Waals surface area contributed by atoms with Crippen molar-refractivity contribution in [3.05, 3.63) is 64.3 Å². The summed E-state index contributed by atoms with van der Waals surface area (Å²) in [6.07, 6.45) is 4.22. The highest BCUT2D eigenvalue weighted by molar-refractivity contribution is 7.92. The summed E-state index contributed by atoms with van der Waals surface area (Å²) < 4.78 is 37.5. The molecule has 5 rings (SSSR count). The van der Waals surface area contributed by atoms with Crippen LogP contribution in [-0.2, 0) is 14.6 Å². The molecule has 0 aliphatic carbocycles. The van der Waals surface area contributed by atoms with Gasteiger partial charge < -0.3 is 29.9 Å². The molecule has 0 spiro atoms. The van der Waals surface area contributed by atoms with Gasteiger partial charge in [0.05, 0.1) is 46.8 Å². The molecule has 3 aromatic rings. The van der Waals surface area contributed by atoms with Gasteiger partial charge in [0, 0.05) is 50.1 Å². The second-order valence-electron chi connectivity index (χ2n) is 10.9. The summed E-state index contributed by atoms with van der Waals surface area (Å²) in [5.41, 5.74) is 2.78. The molecule has 2 aliphatic heterocycles. The van der Waals surface area contributed by atoms with Crippen LogP contribution in [0.2, 0.25) is 0 Å². The van der Waals surface area contributed by atoms with Crippen molar-refractivity contribution in [3.8, 4) is 5.75 Å². The fourth-order valence-corrected chi connectivity index (χ4v) is 6.34. The van der Waals surface area contributed by atoms with Crippen LogP contribution in [0.15, 0.2) is 53.6 Å². The van der Waals surface area contributed by atoms with Crippen molar-refractivity contribution < 1.29 is 22.8 Å². The number of nitro groups is 1. The van der Waals surface area contributed by atoms with E-state index in [0.717, 1.165) is 18.7 Å². The summed E-state index contributed by atoms with van der Waals surface area (Å²) in [5, 5.41) is 17.9. The Kier molecular flexibility index (Phi) is 9.32. The minimum absolute atomic E-state index is 0.0620. The summed E-state index contributed by atoms with van der Waals surface area (Å²) in [4.78, 5) is 25.3. The van der Waals surface area contributed by atoms with Gasteiger partial charge in [-0.15, -0.1) is 0 Å². The van der Waals surface area contributed by atoms with E-state index in [2.05, 4.69) is 20.5 Å². The van der Waals surface area contributed by atoms with E-state index in [1.807, 2.05) is 18.0 Å². The molecule has 44 heavy (non-hydrogen) atoms. The second kappa shape index (κ2) is 13.2. The lowest BCUT2D eigenvalue weighted by atomic mass is 10.0. The van der Waals surface area contributed by atoms with Gasteiger partial charge in [-0.3, -0.25) is 10.1 Å². The minimum atomic E-state index is -3.61. The van der Waals surface area contributed by atoms with Crippen molar-refractivity contribution in [3.63, 3.8) is 0 Å². The van der Waals surface area contributed by atoms with Crippen molar-refractivity contribution in [1.82, 2.24) is 14.9 Å². The Hall–Kier alpha value is -4.27. The average Bonchev–Trinajstić information content (AvgIpc) is 3.02. The molecule has 0 radical (unpaired) electrons. The van der Waals surface area contributed by atoms with E-state index in [9.17, 15) is 18.5 Å². The predicted octanol–water partition coefficient (Wildman–Crippen LogP) is 4.62. The first-order chi connectivity index (χ1) is 21.1. The molecule has 1 aromatic heterocycles. The number of nitro benzene ring substituents is 1. The zero-order valence-corrected chi connectivity index (χ0v) is 26.1. The van der Waals surface area contributed by atoms with Gasteiger partial charge in [0.2, 0.25) is 5.95 Å². The van der Waals surface area contributed by atoms with Gasteiger partial charge in [0.15, 0.2) is 9.84 Å². The van der Waals surface area contributed by atoms with Gasteiger partial charge in [-0.25, -0.2) is 13.4 Å². The van der Waals surface area contributed by atoms with Crippen LogP contribution in [0.5, 0.6) is 5.75 Å². The van der Waals surface area contributed by atoms with E-state index in [1.165, 1.54) is 13.2 Å². The molecular weight excluding hydrogens is 586 g/mol. The molecule has 2 aliphatic rings. The molecular formula is C30H37N7O6S. The first-order valence-electron chi connectivity index (χ1n) is 14.4. The smallest absolute Gasteiger partial charge is 0.294 e. The highest BCUT2D eigenvalue weighted by Gasteiger charge is 2.27. The number of likely N-dealkylation sites (N-methyl/N-ethyl adjacent to an activating group) is 1. The number of hydrogen-bond acceptors (Lipinski definition) is 12. The van der Waals surface area contributed by atoms with E-state index in [4.69, 9.17) is 14.5 Å². The summed E-state index contributed by atoms with van der Waals surface area (Å²) in [5.74, 6) is 0.921. The fourth-order valence-electron chi connectivity index (χ4n) is 5.14. The number of ether oxygens (including phenoxy) is 2. The summed E-state index contributed by atoms with van der Waals surface area (Å²) in [7, 11) is -0.0829. The Labute approximate surface area is 257 Å². The van der Waals surface area contributed by atoms with Crippen molar-refractivity contribution in [2.75, 3.05) is 69.1 Å². The molecule has 234 valence electrons. The third-order valence-electron chi connectivity index (χ3n) is 7.75. The molecule has 13 nitrogen and oxygen atoms in total. The Morgan fingerprint density at radius 2 is 1.84 bits per heavy atom. The predicted molar refractivity (Wildman–Crippen MR) is 170 cm³/mol. The number of rotatable bonds is 10. The number of hydrogen-bond donors (Lipinski definition) is 2. The lowest BCUT2D eigenvalue weighted by molar-refractivity contribution is -0.384. The third-order valence-corrected chi connectivity index (χ3v) is 9.96. The quantitative estimate of drug-likeness (QED) is 0.239. The van der Waals surface area contributed by atoms with Crippen LogP contribution < -0.4 is 20.3 Å². The maximum atomic E-state index is 13.2. The number of benzene rings is 2. The van der Waals surface area contributed by atoms with Crippen LogP contribution in [0.1, 0.15) is 25.8 Å². The average molecular weight is 624 g/mol. The molecule has 2 aromatic carbocycles. The van der Waals surface area contributed by atoms with Crippen molar-refractivity contribution in [1.29, 1.82) is 0 Å². The highest BCUT2D eigenvalue weighted by Crippen LogP contribution is 2.40. The van der Waals surface area contributed by atoms with Crippen LogP contribution in [0.3, 0.4) is 0 Å². The Balaban J connectivity index is 1.55. The Morgan fingerprint density at radius 3 is 2.50 bits per heavy atom. The van der Waals surface area contributed by atoms with E-state index >= 15 is 0 Å². The maximum absolute atomic E-state index is 13.2. The van der Waals surface area contributed by atoms with Crippen molar-refractivity contribution >= 4 is 49.9 Å². The normalized spacial score (nSPS) is 16.0. The molecule has 0 atom stereocenters. The van der Waals surface area contributed by atoms with Crippen molar-refractivity contribution in [2.45, 2.75) is 30.4 Å². The highest BCUT2D eigenvalue weighted by atomic mass is 32.2. The van der Waals surface area contributed by atoms with Gasteiger partial charge in [-0.05, 0) is 45.0 Å². The van der Waals surface area contributed by atoms with Gasteiger partial charge in [-0.1, -0.05) is 18.2 Å². The summed E-state index contributed by atoms with van der Waals surface area (Å²) >= 11 is 0. The number of anilines is 5. The zero-order chi connectivity index (χ0) is 31.4. The van der Waals surface area contributed by atoms with E-state index < -0.39 is 20.0 Å². The SMILES string of the molecule is COc1cc(N2CCN(C)CC2)c([N+](=O)[O-])cc1Nc1ncc(C2=CCOCC2)c(Nc2ccccc2S(=O)(=O)C(C)C)n1. The van der Waals surface area contributed by atoms with E-state index in [0.29, 0.717) is 66.9 Å². The van der Waals surface area contributed by atoms with Gasteiger partial charge >= 0.3 is 0 Å². The molecule has 3 heterocycles. The summed E-state index contributed by atoms with van der Waals surface area (Å²) in [6, 6.07) is 9.79. The second-order valence-corrected chi connectivity index (χ2v) is 13.4. The van der Waals surface area contributed by atoms with Gasteiger partial charge in [0.1, 0.15) is 17.3 Å². The lowest BCUT2D eigenvalue weighted by Crippen LogP contribution is -2.44. The lowest BCUT2D eigenvalue weighted by Gasteiger charge is -2.34. The monoisotopic (exact) mass is 623 g/mol.